The summed E-state index contributed by atoms with van der Waals surface area (Å²) in [5.74, 6) is -0.394. The van der Waals surface area contributed by atoms with Gasteiger partial charge in [0.25, 0.3) is 0 Å². The van der Waals surface area contributed by atoms with Gasteiger partial charge in [-0.15, -0.1) is 11.8 Å². The second-order valence-electron chi connectivity index (χ2n) is 5.29. The average Bonchev–Trinajstić information content (AvgIpc) is 3.05. The number of thioether (sulfide) groups is 1. The van der Waals surface area contributed by atoms with Crippen molar-refractivity contribution in [3.63, 3.8) is 0 Å². The molecule has 6 heteroatoms. The lowest BCUT2D eigenvalue weighted by Crippen LogP contribution is -2.52. The van der Waals surface area contributed by atoms with E-state index in [4.69, 9.17) is 0 Å². The van der Waals surface area contributed by atoms with Gasteiger partial charge in [0.1, 0.15) is 6.04 Å². The van der Waals surface area contributed by atoms with Gasteiger partial charge in [-0.1, -0.05) is 19.8 Å². The number of urea groups is 1. The zero-order chi connectivity index (χ0) is 14.0. The molecule has 1 saturated heterocycles. The smallest absolute Gasteiger partial charge is 0.327 e. The van der Waals surface area contributed by atoms with Crippen molar-refractivity contribution in [1.29, 1.82) is 0 Å². The van der Waals surface area contributed by atoms with Crippen LogP contribution < -0.4 is 0 Å². The van der Waals surface area contributed by atoms with E-state index in [-0.39, 0.29) is 17.4 Å². The molecular weight excluding hydrogens is 264 g/mol. The molecular formula is C13H22N2O3S. The van der Waals surface area contributed by atoms with Crippen molar-refractivity contribution >= 4 is 23.8 Å². The lowest BCUT2D eigenvalue weighted by molar-refractivity contribution is -0.141. The zero-order valence-corrected chi connectivity index (χ0v) is 12.4. The normalized spacial score (nSPS) is 27.8. The molecule has 108 valence electrons. The number of carboxylic acids is 1. The Hall–Kier alpha value is -0.910. The minimum atomic E-state index is -0.892. The van der Waals surface area contributed by atoms with E-state index in [2.05, 4.69) is 0 Å². The third kappa shape index (κ3) is 2.83. The molecule has 1 aliphatic carbocycles. The van der Waals surface area contributed by atoms with Crippen molar-refractivity contribution in [2.75, 3.05) is 12.8 Å². The monoisotopic (exact) mass is 286 g/mol. The fraction of sp³-hybridized carbons (Fsp3) is 0.846. The minimum absolute atomic E-state index is 0.00236. The number of aliphatic carboxylic acids is 1. The molecule has 2 unspecified atom stereocenters. The van der Waals surface area contributed by atoms with E-state index in [1.807, 2.05) is 14.0 Å². The summed E-state index contributed by atoms with van der Waals surface area (Å²) < 4.78 is 0. The van der Waals surface area contributed by atoms with E-state index in [1.165, 1.54) is 0 Å². The van der Waals surface area contributed by atoms with E-state index in [0.29, 0.717) is 5.75 Å². The molecule has 0 aromatic carbocycles. The number of rotatable bonds is 3. The molecule has 2 rings (SSSR count). The predicted octanol–water partition coefficient (Wildman–Crippen LogP) is 2.22. The highest BCUT2D eigenvalue weighted by Crippen LogP contribution is 2.33. The highest BCUT2D eigenvalue weighted by Gasteiger charge is 2.43. The van der Waals surface area contributed by atoms with Gasteiger partial charge in [-0.2, -0.15) is 0 Å². The molecule has 5 nitrogen and oxygen atoms in total. The van der Waals surface area contributed by atoms with Crippen LogP contribution in [0, 0.1) is 0 Å². The topological polar surface area (TPSA) is 60.9 Å². The first-order valence-electron chi connectivity index (χ1n) is 6.95. The maximum absolute atomic E-state index is 12.6. The molecule has 2 fully saturated rings. The molecule has 1 N–H and O–H groups in total. The molecule has 19 heavy (non-hydrogen) atoms. The Labute approximate surface area is 118 Å². The van der Waals surface area contributed by atoms with Crippen LogP contribution in [0.5, 0.6) is 0 Å². The molecule has 0 radical (unpaired) electrons. The molecule has 0 bridgehead atoms. The average molecular weight is 286 g/mol. The second kappa shape index (κ2) is 6.03. The van der Waals surface area contributed by atoms with E-state index >= 15 is 0 Å². The van der Waals surface area contributed by atoms with E-state index in [9.17, 15) is 14.7 Å². The van der Waals surface area contributed by atoms with Crippen molar-refractivity contribution in [3.8, 4) is 0 Å². The number of nitrogens with zero attached hydrogens (tertiary/aromatic N) is 2. The van der Waals surface area contributed by atoms with Gasteiger partial charge in [-0.3, -0.25) is 4.90 Å². The van der Waals surface area contributed by atoms with Crippen molar-refractivity contribution in [2.45, 2.75) is 56.5 Å². The van der Waals surface area contributed by atoms with Gasteiger partial charge in [0.05, 0.1) is 5.37 Å². The molecule has 0 aromatic rings. The van der Waals surface area contributed by atoms with Gasteiger partial charge >= 0.3 is 12.0 Å². The molecule has 1 saturated carbocycles. The van der Waals surface area contributed by atoms with E-state index < -0.39 is 12.0 Å². The van der Waals surface area contributed by atoms with Crippen molar-refractivity contribution in [1.82, 2.24) is 9.80 Å². The van der Waals surface area contributed by atoms with Crippen molar-refractivity contribution < 1.29 is 14.7 Å². The van der Waals surface area contributed by atoms with Crippen LogP contribution in [0.4, 0.5) is 4.79 Å². The SMILES string of the molecule is CCC1SCC(C(=O)O)N1C(=O)N(C)C1CCCC1. The second-order valence-corrected chi connectivity index (χ2v) is 6.50. The van der Waals surface area contributed by atoms with Crippen LogP contribution in [0.15, 0.2) is 0 Å². The van der Waals surface area contributed by atoms with Crippen LogP contribution in [-0.4, -0.2) is 57.2 Å². The first kappa shape index (κ1) is 14.5. The number of carbonyl (C=O) groups is 2. The Bertz CT molecular complexity index is 358. The van der Waals surface area contributed by atoms with Crippen LogP contribution >= 0.6 is 11.8 Å². The van der Waals surface area contributed by atoms with Crippen LogP contribution in [0.3, 0.4) is 0 Å². The Morgan fingerprint density at radius 3 is 2.53 bits per heavy atom. The summed E-state index contributed by atoms with van der Waals surface area (Å²) in [6.45, 7) is 2.00. The van der Waals surface area contributed by atoms with Gasteiger partial charge in [0, 0.05) is 18.8 Å². The molecule has 0 aromatic heterocycles. The fourth-order valence-electron chi connectivity index (χ4n) is 2.95. The number of carbonyl (C=O) groups excluding carboxylic acids is 1. The van der Waals surface area contributed by atoms with Crippen molar-refractivity contribution in [2.24, 2.45) is 0 Å². The molecule has 1 aliphatic heterocycles. The molecule has 2 aliphatic rings. The first-order chi connectivity index (χ1) is 9.06. The van der Waals surface area contributed by atoms with Crippen LogP contribution in [0.1, 0.15) is 39.0 Å². The third-order valence-corrected chi connectivity index (χ3v) is 5.58. The summed E-state index contributed by atoms with van der Waals surface area (Å²) in [7, 11) is 1.81. The maximum atomic E-state index is 12.6. The quantitative estimate of drug-likeness (QED) is 0.864. The predicted molar refractivity (Wildman–Crippen MR) is 75.2 cm³/mol. The lowest BCUT2D eigenvalue weighted by atomic mass is 10.2. The standard InChI is InChI=1S/C13H22N2O3S/c1-3-11-15(10(8-19-11)12(16)17)13(18)14(2)9-6-4-5-7-9/h9-11H,3-8H2,1-2H3,(H,16,17). The lowest BCUT2D eigenvalue weighted by Gasteiger charge is -2.34. The summed E-state index contributed by atoms with van der Waals surface area (Å²) >= 11 is 1.57. The molecule has 1 heterocycles. The molecule has 0 spiro atoms. The van der Waals surface area contributed by atoms with Crippen LogP contribution in [-0.2, 0) is 4.79 Å². The third-order valence-electron chi connectivity index (χ3n) is 4.12. The maximum Gasteiger partial charge on any atom is 0.327 e. The first-order valence-corrected chi connectivity index (χ1v) is 8.00. The number of carboxylic acid groups (broad SMARTS) is 1. The highest BCUT2D eigenvalue weighted by molar-refractivity contribution is 8.00. The van der Waals surface area contributed by atoms with Gasteiger partial charge in [-0.05, 0) is 19.3 Å². The largest absolute Gasteiger partial charge is 0.480 e. The summed E-state index contributed by atoms with van der Waals surface area (Å²) in [6, 6.07) is -0.507. The van der Waals surface area contributed by atoms with Crippen molar-refractivity contribution in [3.05, 3.63) is 0 Å². The Morgan fingerprint density at radius 1 is 1.37 bits per heavy atom. The number of hydrogen-bond donors (Lipinski definition) is 1. The van der Waals surface area contributed by atoms with Gasteiger partial charge < -0.3 is 10.0 Å². The van der Waals surface area contributed by atoms with Gasteiger partial charge in [0.2, 0.25) is 0 Å². The summed E-state index contributed by atoms with van der Waals surface area (Å²) in [6.07, 6.45) is 5.20. The van der Waals surface area contributed by atoms with Crippen LogP contribution in [0.2, 0.25) is 0 Å². The fourth-order valence-corrected chi connectivity index (χ4v) is 4.30. The van der Waals surface area contributed by atoms with E-state index in [0.717, 1.165) is 32.1 Å². The Morgan fingerprint density at radius 2 is 2.00 bits per heavy atom. The minimum Gasteiger partial charge on any atom is -0.480 e. The van der Waals surface area contributed by atoms with Gasteiger partial charge in [-0.25, -0.2) is 9.59 Å². The molecule has 2 atom stereocenters. The summed E-state index contributed by atoms with van der Waals surface area (Å²) in [5.41, 5.74) is 0. The summed E-state index contributed by atoms with van der Waals surface area (Å²) in [4.78, 5) is 27.2. The Kier molecular flexibility index (Phi) is 4.60. The van der Waals surface area contributed by atoms with Gasteiger partial charge in [0.15, 0.2) is 0 Å². The highest BCUT2D eigenvalue weighted by atomic mass is 32.2. The molecule has 2 amide bonds. The summed E-state index contributed by atoms with van der Waals surface area (Å²) in [5, 5.41) is 9.26. The number of amides is 2. The Balaban J connectivity index is 2.11. The number of hydrogen-bond acceptors (Lipinski definition) is 3. The van der Waals surface area contributed by atoms with E-state index in [1.54, 1.807) is 21.6 Å². The zero-order valence-electron chi connectivity index (χ0n) is 11.5. The van der Waals surface area contributed by atoms with Crippen LogP contribution in [0.25, 0.3) is 0 Å².